The highest BCUT2D eigenvalue weighted by molar-refractivity contribution is 7.89. The van der Waals surface area contributed by atoms with E-state index < -0.39 is 10.0 Å². The minimum atomic E-state index is -3.77. The van der Waals surface area contributed by atoms with Crippen molar-refractivity contribution >= 4 is 21.8 Å². The van der Waals surface area contributed by atoms with Crippen LogP contribution in [0.3, 0.4) is 0 Å². The third kappa shape index (κ3) is 6.03. The van der Waals surface area contributed by atoms with E-state index in [4.69, 9.17) is 0 Å². The molecule has 1 aromatic rings. The smallest absolute Gasteiger partial charge is 0.270 e. The number of nitrogens with one attached hydrogen (secondary N) is 2. The lowest BCUT2D eigenvalue weighted by molar-refractivity contribution is -0.126. The van der Waals surface area contributed by atoms with Gasteiger partial charge in [0, 0.05) is 38.4 Å². The van der Waals surface area contributed by atoms with Crippen LogP contribution in [0.5, 0.6) is 0 Å². The number of piperidine rings is 2. The number of amides is 2. The van der Waals surface area contributed by atoms with Gasteiger partial charge >= 0.3 is 0 Å². The van der Waals surface area contributed by atoms with Crippen LogP contribution in [-0.4, -0.2) is 66.6 Å². The van der Waals surface area contributed by atoms with Crippen LogP contribution >= 0.6 is 0 Å². The molecule has 3 fully saturated rings. The van der Waals surface area contributed by atoms with E-state index in [1.807, 2.05) is 0 Å². The second-order valence-corrected chi connectivity index (χ2v) is 12.4. The van der Waals surface area contributed by atoms with Gasteiger partial charge in [0.15, 0.2) is 0 Å². The van der Waals surface area contributed by atoms with Gasteiger partial charge < -0.3 is 15.2 Å². The van der Waals surface area contributed by atoms with Crippen molar-refractivity contribution in [3.63, 3.8) is 0 Å². The Bertz CT molecular complexity index is 944. The molecule has 1 unspecified atom stereocenters. The number of carbonyl (C=O) groups is 2. The largest absolute Gasteiger partial charge is 0.356 e. The van der Waals surface area contributed by atoms with E-state index in [1.165, 1.54) is 35.8 Å². The number of aromatic amines is 1. The third-order valence-corrected chi connectivity index (χ3v) is 9.64. The van der Waals surface area contributed by atoms with Crippen molar-refractivity contribution in [3.05, 3.63) is 18.0 Å². The number of hydrogen-bond acceptors (Lipinski definition) is 4. The van der Waals surface area contributed by atoms with E-state index in [1.54, 1.807) is 4.90 Å². The first-order valence-corrected chi connectivity index (χ1v) is 14.6. The number of nitrogens with zero attached hydrogens (tertiary/aromatic N) is 2. The van der Waals surface area contributed by atoms with E-state index in [-0.39, 0.29) is 35.2 Å². The summed E-state index contributed by atoms with van der Waals surface area (Å²) in [6.07, 6.45) is 12.7. The van der Waals surface area contributed by atoms with Crippen molar-refractivity contribution in [1.82, 2.24) is 19.5 Å². The van der Waals surface area contributed by atoms with Crippen molar-refractivity contribution in [2.75, 3.05) is 26.2 Å². The normalized spacial score (nSPS) is 24.4. The average Bonchev–Trinajstić information content (AvgIpc) is 3.32. The fourth-order valence-corrected chi connectivity index (χ4v) is 6.99. The maximum Gasteiger partial charge on any atom is 0.270 e. The Hall–Kier alpha value is -1.87. The molecule has 0 spiro atoms. The monoisotopic (exact) mass is 492 g/mol. The molecule has 1 aromatic heterocycles. The van der Waals surface area contributed by atoms with Gasteiger partial charge in [-0.25, -0.2) is 8.42 Å². The van der Waals surface area contributed by atoms with Crippen LogP contribution in [0.4, 0.5) is 0 Å². The Morgan fingerprint density at radius 1 is 0.941 bits per heavy atom. The van der Waals surface area contributed by atoms with Gasteiger partial charge in [0.05, 0.1) is 5.92 Å². The fourth-order valence-electron chi connectivity index (χ4n) is 5.47. The summed E-state index contributed by atoms with van der Waals surface area (Å²) in [7, 11) is -3.77. The Labute approximate surface area is 203 Å². The number of likely N-dealkylation sites (tertiary alicyclic amines) is 1. The molecule has 2 N–H and O–H groups in total. The Kier molecular flexibility index (Phi) is 8.34. The van der Waals surface area contributed by atoms with Gasteiger partial charge in [-0.15, -0.1) is 0 Å². The maximum absolute atomic E-state index is 13.3. The SMILES string of the molecule is CC1CCN(C(=O)c2cc(S(=O)(=O)N3CCCC(C(=O)NC4CCCCCCC4)C3)c[nH]2)CC1. The van der Waals surface area contributed by atoms with Gasteiger partial charge in [-0.2, -0.15) is 4.31 Å². The van der Waals surface area contributed by atoms with Crippen molar-refractivity contribution < 1.29 is 18.0 Å². The van der Waals surface area contributed by atoms with Crippen LogP contribution in [0.15, 0.2) is 17.2 Å². The van der Waals surface area contributed by atoms with Crippen LogP contribution in [-0.2, 0) is 14.8 Å². The topological polar surface area (TPSA) is 103 Å². The van der Waals surface area contributed by atoms with Gasteiger partial charge in [-0.05, 0) is 50.5 Å². The maximum atomic E-state index is 13.3. The summed E-state index contributed by atoms with van der Waals surface area (Å²) in [4.78, 5) is 30.6. The molecule has 34 heavy (non-hydrogen) atoms. The molecule has 1 saturated carbocycles. The summed E-state index contributed by atoms with van der Waals surface area (Å²) < 4.78 is 28.1. The first-order chi connectivity index (χ1) is 16.3. The van der Waals surface area contributed by atoms with Crippen LogP contribution < -0.4 is 5.32 Å². The van der Waals surface area contributed by atoms with Crippen molar-refractivity contribution in [1.29, 1.82) is 0 Å². The fraction of sp³-hybridized carbons (Fsp3) is 0.760. The predicted octanol–water partition coefficient (Wildman–Crippen LogP) is 3.52. The number of H-pyrrole nitrogens is 1. The molecule has 1 aliphatic carbocycles. The molecule has 190 valence electrons. The summed E-state index contributed by atoms with van der Waals surface area (Å²) in [5, 5.41) is 3.21. The van der Waals surface area contributed by atoms with Gasteiger partial charge in [-0.1, -0.05) is 39.0 Å². The lowest BCUT2D eigenvalue weighted by Gasteiger charge is -2.32. The summed E-state index contributed by atoms with van der Waals surface area (Å²) in [6.45, 7) is 4.18. The summed E-state index contributed by atoms with van der Waals surface area (Å²) in [5.74, 6) is 0.113. The molecule has 9 heteroatoms. The summed E-state index contributed by atoms with van der Waals surface area (Å²) in [5.41, 5.74) is 0.309. The van der Waals surface area contributed by atoms with Gasteiger partial charge in [0.2, 0.25) is 15.9 Å². The first-order valence-electron chi connectivity index (χ1n) is 13.1. The molecule has 2 saturated heterocycles. The van der Waals surface area contributed by atoms with Crippen molar-refractivity contribution in [2.45, 2.75) is 88.5 Å². The number of carbonyl (C=O) groups excluding carboxylic acids is 2. The molecule has 0 aromatic carbocycles. The highest BCUT2D eigenvalue weighted by atomic mass is 32.2. The van der Waals surface area contributed by atoms with Crippen LogP contribution in [0, 0.1) is 11.8 Å². The van der Waals surface area contributed by atoms with Crippen molar-refractivity contribution in [3.8, 4) is 0 Å². The molecule has 2 amide bonds. The molecule has 2 aliphatic heterocycles. The van der Waals surface area contributed by atoms with E-state index in [9.17, 15) is 18.0 Å². The zero-order valence-electron chi connectivity index (χ0n) is 20.4. The second kappa shape index (κ2) is 11.2. The van der Waals surface area contributed by atoms with E-state index >= 15 is 0 Å². The van der Waals surface area contributed by atoms with Gasteiger partial charge in [0.25, 0.3) is 5.91 Å². The highest BCUT2D eigenvalue weighted by Crippen LogP contribution is 2.26. The predicted molar refractivity (Wildman–Crippen MR) is 131 cm³/mol. The van der Waals surface area contributed by atoms with E-state index in [0.717, 1.165) is 38.5 Å². The number of sulfonamides is 1. The van der Waals surface area contributed by atoms with Crippen molar-refractivity contribution in [2.24, 2.45) is 11.8 Å². The van der Waals surface area contributed by atoms with E-state index in [2.05, 4.69) is 17.2 Å². The molecule has 8 nitrogen and oxygen atoms in total. The number of rotatable bonds is 5. The lowest BCUT2D eigenvalue weighted by atomic mass is 9.94. The highest BCUT2D eigenvalue weighted by Gasteiger charge is 2.35. The average molecular weight is 493 g/mol. The third-order valence-electron chi connectivity index (χ3n) is 7.80. The molecule has 3 aliphatic rings. The summed E-state index contributed by atoms with van der Waals surface area (Å²) >= 11 is 0. The minimum Gasteiger partial charge on any atom is -0.356 e. The quantitative estimate of drug-likeness (QED) is 0.656. The van der Waals surface area contributed by atoms with E-state index in [0.29, 0.717) is 44.1 Å². The molecular weight excluding hydrogens is 452 g/mol. The molecule has 0 bridgehead atoms. The second-order valence-electron chi connectivity index (χ2n) is 10.5. The minimum absolute atomic E-state index is 0.0188. The molecule has 1 atom stereocenters. The van der Waals surface area contributed by atoms with Crippen LogP contribution in [0.1, 0.15) is 88.0 Å². The standard InChI is InChI=1S/C25H40N4O4S/c1-19-11-14-28(15-12-19)25(31)23-16-22(17-26-23)34(32,33)29-13-7-8-20(18-29)24(30)27-21-9-5-3-2-4-6-10-21/h16-17,19-21,26H,2-15,18H2,1H3,(H,27,30). The number of hydrogen-bond donors (Lipinski definition) is 2. The van der Waals surface area contributed by atoms with Crippen LogP contribution in [0.2, 0.25) is 0 Å². The zero-order valence-corrected chi connectivity index (χ0v) is 21.2. The molecule has 0 radical (unpaired) electrons. The molecule has 3 heterocycles. The molecular formula is C25H40N4O4S. The Morgan fingerprint density at radius 2 is 1.62 bits per heavy atom. The Balaban J connectivity index is 1.37. The molecule has 4 rings (SSSR count). The van der Waals surface area contributed by atoms with Crippen LogP contribution in [0.25, 0.3) is 0 Å². The number of aromatic nitrogens is 1. The first kappa shape index (κ1) is 25.2. The summed E-state index contributed by atoms with van der Waals surface area (Å²) in [6, 6.07) is 1.66. The van der Waals surface area contributed by atoms with Gasteiger partial charge in [-0.3, -0.25) is 9.59 Å². The zero-order chi connectivity index (χ0) is 24.1. The van der Waals surface area contributed by atoms with Gasteiger partial charge in [0.1, 0.15) is 10.6 Å². The lowest BCUT2D eigenvalue weighted by Crippen LogP contribution is -2.47. The Morgan fingerprint density at radius 3 is 2.32 bits per heavy atom.